The summed E-state index contributed by atoms with van der Waals surface area (Å²) in [7, 11) is 3.75. The molecule has 0 bridgehead atoms. The van der Waals surface area contributed by atoms with Crippen LogP contribution in [0.5, 0.6) is 0 Å². The molecular weight excluding hydrogens is 352 g/mol. The first kappa shape index (κ1) is 18.4. The lowest BCUT2D eigenvalue weighted by atomic mass is 10.0. The number of carbonyl (C=O) groups excluding carboxylic acids is 1. The molecule has 146 valence electrons. The van der Waals surface area contributed by atoms with E-state index >= 15 is 0 Å². The van der Waals surface area contributed by atoms with Crippen LogP contribution in [-0.4, -0.2) is 50.0 Å². The Morgan fingerprint density at radius 2 is 1.86 bits per heavy atom. The van der Waals surface area contributed by atoms with Crippen molar-refractivity contribution < 1.29 is 4.79 Å². The zero-order valence-corrected chi connectivity index (χ0v) is 16.8. The highest BCUT2D eigenvalue weighted by Crippen LogP contribution is 2.27. The van der Waals surface area contributed by atoms with E-state index in [2.05, 4.69) is 27.6 Å². The molecule has 1 amide bonds. The Kier molecular flexibility index (Phi) is 4.77. The van der Waals surface area contributed by atoms with E-state index < -0.39 is 0 Å². The van der Waals surface area contributed by atoms with Gasteiger partial charge in [-0.1, -0.05) is 30.3 Å². The fourth-order valence-electron chi connectivity index (χ4n) is 3.94. The molecule has 28 heavy (non-hydrogen) atoms. The van der Waals surface area contributed by atoms with Gasteiger partial charge >= 0.3 is 0 Å². The van der Waals surface area contributed by atoms with Crippen molar-refractivity contribution in [3.63, 3.8) is 0 Å². The summed E-state index contributed by atoms with van der Waals surface area (Å²) in [5, 5.41) is 12.6. The lowest BCUT2D eigenvalue weighted by molar-refractivity contribution is 0.0692. The summed E-state index contributed by atoms with van der Waals surface area (Å²) in [5.74, 6) is 0.0166. The Balaban J connectivity index is 1.59. The van der Waals surface area contributed by atoms with E-state index in [0.717, 1.165) is 29.2 Å². The van der Waals surface area contributed by atoms with Gasteiger partial charge in [0.2, 0.25) is 0 Å². The van der Waals surface area contributed by atoms with Gasteiger partial charge in [0.1, 0.15) is 5.69 Å². The maximum absolute atomic E-state index is 13.2. The average Bonchev–Trinajstić information content (AvgIpc) is 3.20. The van der Waals surface area contributed by atoms with Crippen molar-refractivity contribution in [3.8, 4) is 11.3 Å². The van der Waals surface area contributed by atoms with Gasteiger partial charge in [-0.05, 0) is 25.5 Å². The minimum absolute atomic E-state index is 0.0166. The second-order valence-corrected chi connectivity index (χ2v) is 7.38. The van der Waals surface area contributed by atoms with Crippen molar-refractivity contribution in [1.82, 2.24) is 29.8 Å². The molecule has 7 heteroatoms. The number of hydrogen-bond donors (Lipinski definition) is 1. The number of amides is 1. The predicted molar refractivity (Wildman–Crippen MR) is 108 cm³/mol. The van der Waals surface area contributed by atoms with E-state index in [1.165, 1.54) is 5.56 Å². The van der Waals surface area contributed by atoms with Crippen LogP contribution in [0.25, 0.3) is 11.3 Å². The minimum Gasteiger partial charge on any atom is -0.334 e. The molecule has 1 saturated heterocycles. The number of aryl methyl sites for hydroxylation is 3. The minimum atomic E-state index is 0.0166. The SMILES string of the molecule is Cc1nn(C)c(C)c1-c1cc(C(=O)N2CCN[C@@H](c3ccccc3)C2)n(C)n1. The van der Waals surface area contributed by atoms with E-state index in [-0.39, 0.29) is 11.9 Å². The van der Waals surface area contributed by atoms with Gasteiger partial charge in [0.15, 0.2) is 0 Å². The number of nitrogens with one attached hydrogen (secondary N) is 1. The molecule has 0 aliphatic carbocycles. The van der Waals surface area contributed by atoms with Crippen molar-refractivity contribution in [1.29, 1.82) is 0 Å². The number of benzene rings is 1. The largest absolute Gasteiger partial charge is 0.334 e. The highest BCUT2D eigenvalue weighted by molar-refractivity contribution is 5.94. The number of nitrogens with zero attached hydrogens (tertiary/aromatic N) is 5. The summed E-state index contributed by atoms with van der Waals surface area (Å²) >= 11 is 0. The fourth-order valence-corrected chi connectivity index (χ4v) is 3.94. The molecule has 4 rings (SSSR count). The third kappa shape index (κ3) is 3.22. The van der Waals surface area contributed by atoms with Crippen LogP contribution in [0.1, 0.15) is 33.5 Å². The second kappa shape index (κ2) is 7.24. The lowest BCUT2D eigenvalue weighted by Crippen LogP contribution is -2.48. The highest BCUT2D eigenvalue weighted by Gasteiger charge is 2.28. The molecule has 3 aromatic rings. The van der Waals surface area contributed by atoms with Crippen LogP contribution in [0.15, 0.2) is 36.4 Å². The highest BCUT2D eigenvalue weighted by atomic mass is 16.2. The molecule has 0 unspecified atom stereocenters. The van der Waals surface area contributed by atoms with Crippen LogP contribution >= 0.6 is 0 Å². The Morgan fingerprint density at radius 1 is 1.11 bits per heavy atom. The first-order chi connectivity index (χ1) is 13.5. The topological polar surface area (TPSA) is 68.0 Å². The Hall–Kier alpha value is -2.93. The molecule has 0 radical (unpaired) electrons. The van der Waals surface area contributed by atoms with Crippen LogP contribution < -0.4 is 5.32 Å². The maximum atomic E-state index is 13.2. The molecule has 1 fully saturated rings. The molecule has 0 saturated carbocycles. The molecule has 1 aliphatic rings. The molecule has 0 spiro atoms. The molecule has 1 atom stereocenters. The summed E-state index contributed by atoms with van der Waals surface area (Å²) in [6, 6.07) is 12.3. The molecule has 2 aromatic heterocycles. The van der Waals surface area contributed by atoms with Gasteiger partial charge in [0.25, 0.3) is 5.91 Å². The van der Waals surface area contributed by atoms with Crippen LogP contribution in [0.3, 0.4) is 0 Å². The van der Waals surface area contributed by atoms with Gasteiger partial charge in [0.05, 0.1) is 11.4 Å². The van der Waals surface area contributed by atoms with Gasteiger partial charge in [-0.25, -0.2) is 0 Å². The molecule has 3 heterocycles. The number of carbonyl (C=O) groups is 1. The van der Waals surface area contributed by atoms with Crippen LogP contribution in [-0.2, 0) is 14.1 Å². The summed E-state index contributed by atoms with van der Waals surface area (Å²) in [6.07, 6.45) is 0. The normalized spacial score (nSPS) is 17.1. The van der Waals surface area contributed by atoms with Gasteiger partial charge < -0.3 is 10.2 Å². The molecule has 1 N–H and O–H groups in total. The number of piperazine rings is 1. The maximum Gasteiger partial charge on any atom is 0.272 e. The Labute approximate surface area is 165 Å². The number of hydrogen-bond acceptors (Lipinski definition) is 4. The monoisotopic (exact) mass is 378 g/mol. The van der Waals surface area contributed by atoms with Gasteiger partial charge in [-0.2, -0.15) is 10.2 Å². The predicted octanol–water partition coefficient (Wildman–Crippen LogP) is 2.22. The third-order valence-electron chi connectivity index (χ3n) is 5.53. The van der Waals surface area contributed by atoms with Crippen molar-refractivity contribution in [2.75, 3.05) is 19.6 Å². The van der Waals surface area contributed by atoms with Crippen LogP contribution in [0.4, 0.5) is 0 Å². The Bertz CT molecular complexity index is 1000. The molecule has 7 nitrogen and oxygen atoms in total. The summed E-state index contributed by atoms with van der Waals surface area (Å²) in [6.45, 7) is 6.10. The first-order valence-electron chi connectivity index (χ1n) is 9.58. The Morgan fingerprint density at radius 3 is 2.54 bits per heavy atom. The van der Waals surface area contributed by atoms with E-state index in [1.54, 1.807) is 4.68 Å². The fraction of sp³-hybridized carbons (Fsp3) is 0.381. The van der Waals surface area contributed by atoms with E-state index in [4.69, 9.17) is 0 Å². The van der Waals surface area contributed by atoms with Crippen molar-refractivity contribution in [2.24, 2.45) is 14.1 Å². The second-order valence-electron chi connectivity index (χ2n) is 7.38. The van der Waals surface area contributed by atoms with Crippen LogP contribution in [0.2, 0.25) is 0 Å². The van der Waals surface area contributed by atoms with E-state index in [9.17, 15) is 4.79 Å². The smallest absolute Gasteiger partial charge is 0.272 e. The summed E-state index contributed by atoms with van der Waals surface area (Å²) in [5.41, 5.74) is 5.56. The van der Waals surface area contributed by atoms with Crippen molar-refractivity contribution in [3.05, 3.63) is 59.0 Å². The molecular formula is C21H26N6O. The summed E-state index contributed by atoms with van der Waals surface area (Å²) < 4.78 is 3.53. The van der Waals surface area contributed by atoms with Gasteiger partial charge in [-0.3, -0.25) is 14.2 Å². The lowest BCUT2D eigenvalue weighted by Gasteiger charge is -2.34. The number of aromatic nitrogens is 4. The van der Waals surface area contributed by atoms with Crippen molar-refractivity contribution in [2.45, 2.75) is 19.9 Å². The van der Waals surface area contributed by atoms with E-state index in [0.29, 0.717) is 18.8 Å². The van der Waals surface area contributed by atoms with Crippen LogP contribution in [0, 0.1) is 13.8 Å². The quantitative estimate of drug-likeness (QED) is 0.759. The molecule has 1 aromatic carbocycles. The van der Waals surface area contributed by atoms with E-state index in [1.807, 2.05) is 61.8 Å². The zero-order chi connectivity index (χ0) is 19.8. The number of rotatable bonds is 3. The average molecular weight is 378 g/mol. The first-order valence-corrected chi connectivity index (χ1v) is 9.58. The summed E-state index contributed by atoms with van der Waals surface area (Å²) in [4.78, 5) is 15.1. The molecule has 1 aliphatic heterocycles. The standard InChI is InChI=1S/C21H26N6O/c1-14-20(15(2)25(3)23-14)17-12-19(26(4)24-17)21(28)27-11-10-22-18(13-27)16-8-6-5-7-9-16/h5-9,12,18,22H,10-11,13H2,1-4H3/t18-/m1/s1. The zero-order valence-electron chi connectivity index (χ0n) is 16.8. The van der Waals surface area contributed by atoms with Gasteiger partial charge in [0, 0.05) is 51.0 Å². The van der Waals surface area contributed by atoms with Gasteiger partial charge in [-0.15, -0.1) is 0 Å². The third-order valence-corrected chi connectivity index (χ3v) is 5.53. The van der Waals surface area contributed by atoms with Crippen molar-refractivity contribution >= 4 is 5.91 Å².